The summed E-state index contributed by atoms with van der Waals surface area (Å²) in [6.45, 7) is 6.31. The monoisotopic (exact) mass is 714 g/mol. The van der Waals surface area contributed by atoms with Crippen molar-refractivity contribution in [2.24, 2.45) is 4.99 Å². The van der Waals surface area contributed by atoms with Gasteiger partial charge >= 0.3 is 24.0 Å². The zero-order chi connectivity index (χ0) is 37.8. The summed E-state index contributed by atoms with van der Waals surface area (Å²) in [4.78, 5) is 67.5. The van der Waals surface area contributed by atoms with Crippen molar-refractivity contribution in [3.63, 3.8) is 0 Å². The number of carbonyl (C=O) groups excluding carboxylic acids is 5. The third-order valence-electron chi connectivity index (χ3n) is 6.84. The number of guanidine groups is 1. The van der Waals surface area contributed by atoms with E-state index in [2.05, 4.69) is 20.9 Å². The standard InChI is InChI=1S/C39H46N4O9/c1-28(23-33(44)31-19-12-7-13-20-31)51-36(47)32(43-38(48)52-39(2,3)4)21-14-22-40-37(41-24-34(45)49-26-29-15-8-5-9-16-29)42-25-35(46)50-27-30-17-10-6-11-18-30/h5-13,15-20,23,32H,14,21-22,24-27H2,1-4H3,(H,43,48)(H2,40,41,42)/b28-23+/t32-/m0/s1. The number of alkyl carbamates (subject to hydrolysis) is 1. The number of nitrogens with zero attached hydrogens (tertiary/aromatic N) is 1. The Morgan fingerprint density at radius 2 is 1.33 bits per heavy atom. The molecule has 52 heavy (non-hydrogen) atoms. The van der Waals surface area contributed by atoms with Crippen molar-refractivity contribution in [3.05, 3.63) is 120 Å². The topological polar surface area (TPSA) is 171 Å². The maximum absolute atomic E-state index is 13.2. The molecule has 0 saturated heterocycles. The molecule has 0 aliphatic carbocycles. The second-order valence-electron chi connectivity index (χ2n) is 12.5. The van der Waals surface area contributed by atoms with Gasteiger partial charge in [-0.05, 0) is 51.7 Å². The van der Waals surface area contributed by atoms with Crippen LogP contribution in [0.2, 0.25) is 0 Å². The van der Waals surface area contributed by atoms with E-state index >= 15 is 0 Å². The third kappa shape index (κ3) is 16.6. The van der Waals surface area contributed by atoms with E-state index in [4.69, 9.17) is 18.9 Å². The van der Waals surface area contributed by atoms with Crippen molar-refractivity contribution >= 4 is 35.7 Å². The van der Waals surface area contributed by atoms with Gasteiger partial charge in [-0.15, -0.1) is 0 Å². The van der Waals surface area contributed by atoms with Crippen LogP contribution in [0.5, 0.6) is 0 Å². The Kier molecular flexibility index (Phi) is 16.6. The Labute approximate surface area is 303 Å². The van der Waals surface area contributed by atoms with Gasteiger partial charge in [-0.2, -0.15) is 0 Å². The van der Waals surface area contributed by atoms with E-state index in [1.165, 1.54) is 13.0 Å². The van der Waals surface area contributed by atoms with Crippen LogP contribution in [0.3, 0.4) is 0 Å². The molecule has 0 aliphatic heterocycles. The number of allylic oxidation sites excluding steroid dienone is 2. The molecule has 276 valence electrons. The molecule has 0 saturated carbocycles. The predicted molar refractivity (Wildman–Crippen MR) is 194 cm³/mol. The summed E-state index contributed by atoms with van der Waals surface area (Å²) in [6.07, 6.45) is 0.759. The summed E-state index contributed by atoms with van der Waals surface area (Å²) in [6, 6.07) is 25.7. The van der Waals surface area contributed by atoms with Crippen molar-refractivity contribution in [2.45, 2.75) is 65.4 Å². The second-order valence-corrected chi connectivity index (χ2v) is 12.5. The lowest BCUT2D eigenvalue weighted by atomic mass is 10.1. The number of ether oxygens (including phenoxy) is 4. The van der Waals surface area contributed by atoms with E-state index in [1.807, 2.05) is 60.7 Å². The van der Waals surface area contributed by atoms with Gasteiger partial charge in [-0.25, -0.2) is 14.6 Å². The minimum atomic E-state index is -1.14. The molecule has 0 aliphatic rings. The summed E-state index contributed by atoms with van der Waals surface area (Å²) < 4.78 is 21.4. The van der Waals surface area contributed by atoms with Crippen LogP contribution in [0.4, 0.5) is 4.79 Å². The molecule has 0 spiro atoms. The number of amides is 1. The Bertz CT molecular complexity index is 1670. The highest BCUT2D eigenvalue weighted by molar-refractivity contribution is 6.04. The van der Waals surface area contributed by atoms with Gasteiger partial charge < -0.3 is 34.9 Å². The lowest BCUT2D eigenvalue weighted by Crippen LogP contribution is -2.45. The zero-order valence-electron chi connectivity index (χ0n) is 29.9. The van der Waals surface area contributed by atoms with Gasteiger partial charge in [0.05, 0.1) is 0 Å². The first kappa shape index (κ1) is 40.4. The van der Waals surface area contributed by atoms with Crippen LogP contribution in [0.25, 0.3) is 0 Å². The van der Waals surface area contributed by atoms with E-state index < -0.39 is 35.6 Å². The van der Waals surface area contributed by atoms with Crippen LogP contribution < -0.4 is 16.0 Å². The number of carbonyl (C=O) groups is 5. The smallest absolute Gasteiger partial charge is 0.408 e. The Hall–Kier alpha value is -5.98. The Morgan fingerprint density at radius 3 is 1.90 bits per heavy atom. The largest absolute Gasteiger partial charge is 0.460 e. The van der Waals surface area contributed by atoms with Crippen molar-refractivity contribution in [2.75, 3.05) is 19.6 Å². The minimum Gasteiger partial charge on any atom is -0.460 e. The molecule has 1 amide bonds. The molecule has 0 unspecified atom stereocenters. The highest BCUT2D eigenvalue weighted by atomic mass is 16.6. The highest BCUT2D eigenvalue weighted by Gasteiger charge is 2.26. The summed E-state index contributed by atoms with van der Waals surface area (Å²) >= 11 is 0. The van der Waals surface area contributed by atoms with Crippen molar-refractivity contribution in [1.82, 2.24) is 16.0 Å². The Balaban J connectivity index is 1.62. The summed E-state index contributed by atoms with van der Waals surface area (Å²) in [5, 5.41) is 8.41. The van der Waals surface area contributed by atoms with Gasteiger partial charge in [0.15, 0.2) is 11.7 Å². The van der Waals surface area contributed by atoms with Crippen LogP contribution in [-0.2, 0) is 46.5 Å². The summed E-state index contributed by atoms with van der Waals surface area (Å²) in [7, 11) is 0. The van der Waals surface area contributed by atoms with E-state index in [0.717, 1.165) is 11.1 Å². The first-order valence-electron chi connectivity index (χ1n) is 16.8. The lowest BCUT2D eigenvalue weighted by molar-refractivity contribution is -0.144. The molecule has 0 heterocycles. The molecule has 13 heteroatoms. The number of rotatable bonds is 17. The molecule has 0 bridgehead atoms. The van der Waals surface area contributed by atoms with Gasteiger partial charge in [-0.1, -0.05) is 91.0 Å². The average Bonchev–Trinajstić information content (AvgIpc) is 3.12. The van der Waals surface area contributed by atoms with Crippen molar-refractivity contribution in [1.29, 1.82) is 0 Å². The summed E-state index contributed by atoms with van der Waals surface area (Å²) in [5.41, 5.74) is 1.25. The second kappa shape index (κ2) is 21.3. The quantitative estimate of drug-likeness (QED) is 0.0251. The SMILES string of the molecule is C/C(=C\C(=O)c1ccccc1)OC(=O)[C@H](CCCNC(=NCC(=O)OCc1ccccc1)NCC(=O)OCc1ccccc1)NC(=O)OC(C)(C)C. The average molecular weight is 715 g/mol. The van der Waals surface area contributed by atoms with Crippen molar-refractivity contribution < 1.29 is 42.9 Å². The van der Waals surface area contributed by atoms with Gasteiger partial charge in [0, 0.05) is 18.2 Å². The number of hydrogen-bond donors (Lipinski definition) is 3. The van der Waals surface area contributed by atoms with E-state index in [0.29, 0.717) is 12.0 Å². The fourth-order valence-electron chi connectivity index (χ4n) is 4.39. The number of hydrogen-bond acceptors (Lipinski definition) is 10. The lowest BCUT2D eigenvalue weighted by Gasteiger charge is -2.23. The molecule has 13 nitrogen and oxygen atoms in total. The van der Waals surface area contributed by atoms with Crippen LogP contribution in [-0.4, -0.2) is 67.0 Å². The first-order chi connectivity index (χ1) is 24.9. The number of esters is 3. The van der Waals surface area contributed by atoms with Crippen LogP contribution in [0.1, 0.15) is 62.0 Å². The fraction of sp³-hybridized carbons (Fsp3) is 0.333. The third-order valence-corrected chi connectivity index (χ3v) is 6.84. The maximum atomic E-state index is 13.2. The molecule has 0 aromatic heterocycles. The molecule has 3 aromatic rings. The number of benzene rings is 3. The van der Waals surface area contributed by atoms with Crippen LogP contribution in [0, 0.1) is 0 Å². The number of ketones is 1. The zero-order valence-corrected chi connectivity index (χ0v) is 29.9. The van der Waals surface area contributed by atoms with E-state index in [-0.39, 0.29) is 56.8 Å². The van der Waals surface area contributed by atoms with Gasteiger partial charge in [0.1, 0.15) is 43.7 Å². The minimum absolute atomic E-state index is 0.0462. The predicted octanol–water partition coefficient (Wildman–Crippen LogP) is 5.01. The molecule has 3 rings (SSSR count). The van der Waals surface area contributed by atoms with E-state index in [1.54, 1.807) is 51.1 Å². The Morgan fingerprint density at radius 1 is 0.769 bits per heavy atom. The van der Waals surface area contributed by atoms with E-state index in [9.17, 15) is 24.0 Å². The van der Waals surface area contributed by atoms with Crippen LogP contribution >= 0.6 is 0 Å². The van der Waals surface area contributed by atoms with Gasteiger partial charge in [0.2, 0.25) is 0 Å². The first-order valence-corrected chi connectivity index (χ1v) is 16.8. The number of aliphatic imine (C=N–C) groups is 1. The molecule has 0 fully saturated rings. The molecule has 3 aromatic carbocycles. The molecule has 0 radical (unpaired) electrons. The normalized spacial score (nSPS) is 12.2. The molecular weight excluding hydrogens is 668 g/mol. The highest BCUT2D eigenvalue weighted by Crippen LogP contribution is 2.11. The fourth-order valence-corrected chi connectivity index (χ4v) is 4.39. The van der Waals surface area contributed by atoms with Crippen LogP contribution in [0.15, 0.2) is 108 Å². The van der Waals surface area contributed by atoms with Gasteiger partial charge in [-0.3, -0.25) is 14.4 Å². The molecule has 3 N–H and O–H groups in total. The number of nitrogens with one attached hydrogen (secondary N) is 3. The molecule has 1 atom stereocenters. The molecular formula is C39H46N4O9. The van der Waals surface area contributed by atoms with Crippen molar-refractivity contribution in [3.8, 4) is 0 Å². The van der Waals surface area contributed by atoms with Gasteiger partial charge in [0.25, 0.3) is 0 Å². The summed E-state index contributed by atoms with van der Waals surface area (Å²) in [5.74, 6) is -2.12. The maximum Gasteiger partial charge on any atom is 0.408 e.